The van der Waals surface area contributed by atoms with E-state index >= 15 is 0 Å². The number of amides is 3. The maximum atomic E-state index is 12.0. The Balaban J connectivity index is 1.73. The van der Waals surface area contributed by atoms with Crippen LogP contribution in [0.2, 0.25) is 0 Å². The monoisotopic (exact) mass is 391 g/mol. The number of benzene rings is 1. The zero-order chi connectivity index (χ0) is 20.6. The lowest BCUT2D eigenvalue weighted by Gasteiger charge is -2.19. The quantitative estimate of drug-likeness (QED) is 0.662. The van der Waals surface area contributed by atoms with E-state index < -0.39 is 11.7 Å². The van der Waals surface area contributed by atoms with E-state index in [-0.39, 0.29) is 30.9 Å². The molecule has 0 bridgehead atoms. The molecule has 0 spiro atoms. The van der Waals surface area contributed by atoms with Gasteiger partial charge in [0.15, 0.2) is 0 Å². The van der Waals surface area contributed by atoms with Gasteiger partial charge in [0.2, 0.25) is 11.8 Å². The number of ether oxygens (including phenoxy) is 2. The Kier molecular flexibility index (Phi) is 7.80. The first-order valence-corrected chi connectivity index (χ1v) is 9.48. The number of hydrogen-bond donors (Lipinski definition) is 3. The fourth-order valence-electron chi connectivity index (χ4n) is 2.66. The number of alkyl carbamates (subject to hydrolysis) is 1. The molecule has 0 aromatic heterocycles. The summed E-state index contributed by atoms with van der Waals surface area (Å²) in [6, 6.07) is 7.25. The Labute approximate surface area is 165 Å². The van der Waals surface area contributed by atoms with Crippen LogP contribution in [0.15, 0.2) is 24.3 Å². The predicted octanol–water partition coefficient (Wildman–Crippen LogP) is 2.34. The molecule has 1 fully saturated rings. The zero-order valence-corrected chi connectivity index (χ0v) is 16.7. The molecule has 1 unspecified atom stereocenters. The molecular formula is C20H29N3O5. The second kappa shape index (κ2) is 10.1. The third kappa shape index (κ3) is 7.96. The van der Waals surface area contributed by atoms with Crippen LogP contribution in [0.3, 0.4) is 0 Å². The van der Waals surface area contributed by atoms with Crippen molar-refractivity contribution in [2.24, 2.45) is 0 Å². The number of anilines is 1. The van der Waals surface area contributed by atoms with Gasteiger partial charge in [-0.2, -0.15) is 0 Å². The van der Waals surface area contributed by atoms with Gasteiger partial charge in [-0.15, -0.1) is 0 Å². The zero-order valence-electron chi connectivity index (χ0n) is 16.7. The molecule has 3 N–H and O–H groups in total. The molecule has 2 rings (SSSR count). The highest BCUT2D eigenvalue weighted by Gasteiger charge is 2.23. The van der Waals surface area contributed by atoms with Gasteiger partial charge >= 0.3 is 6.09 Å². The third-order valence-corrected chi connectivity index (χ3v) is 3.92. The second-order valence-electron chi connectivity index (χ2n) is 7.65. The second-order valence-corrected chi connectivity index (χ2v) is 7.65. The molecule has 3 amide bonds. The molecular weight excluding hydrogens is 362 g/mol. The Bertz CT molecular complexity index is 693. The Morgan fingerprint density at radius 1 is 1.21 bits per heavy atom. The molecule has 1 aliphatic rings. The summed E-state index contributed by atoms with van der Waals surface area (Å²) >= 11 is 0. The van der Waals surface area contributed by atoms with E-state index in [0.29, 0.717) is 18.8 Å². The van der Waals surface area contributed by atoms with E-state index in [0.717, 1.165) is 18.4 Å². The molecule has 0 saturated carbocycles. The lowest BCUT2D eigenvalue weighted by Crippen LogP contribution is -2.34. The molecule has 0 aliphatic carbocycles. The van der Waals surface area contributed by atoms with Crippen molar-refractivity contribution in [3.8, 4) is 0 Å². The van der Waals surface area contributed by atoms with Crippen LogP contribution in [0.25, 0.3) is 0 Å². The highest BCUT2D eigenvalue weighted by atomic mass is 16.6. The maximum Gasteiger partial charge on any atom is 0.407 e. The van der Waals surface area contributed by atoms with E-state index in [2.05, 4.69) is 16.0 Å². The van der Waals surface area contributed by atoms with Gasteiger partial charge in [0.1, 0.15) is 11.7 Å². The lowest BCUT2D eigenvalue weighted by atomic mass is 10.2. The van der Waals surface area contributed by atoms with E-state index in [1.165, 1.54) is 0 Å². The highest BCUT2D eigenvalue weighted by molar-refractivity contribution is 5.91. The van der Waals surface area contributed by atoms with Crippen LogP contribution >= 0.6 is 0 Å². The van der Waals surface area contributed by atoms with E-state index in [1.807, 2.05) is 12.1 Å². The first kappa shape index (κ1) is 21.7. The van der Waals surface area contributed by atoms with Gasteiger partial charge in [-0.3, -0.25) is 9.59 Å². The van der Waals surface area contributed by atoms with Crippen molar-refractivity contribution in [3.05, 3.63) is 29.8 Å². The minimum atomic E-state index is -0.577. The van der Waals surface area contributed by atoms with Gasteiger partial charge in [-0.05, 0) is 51.3 Å². The molecule has 8 nitrogen and oxygen atoms in total. The van der Waals surface area contributed by atoms with Crippen LogP contribution < -0.4 is 16.0 Å². The van der Waals surface area contributed by atoms with Gasteiger partial charge in [0.25, 0.3) is 0 Å². The van der Waals surface area contributed by atoms with E-state index in [1.54, 1.807) is 32.9 Å². The number of carbonyl (C=O) groups is 3. The van der Waals surface area contributed by atoms with Gasteiger partial charge in [0.05, 0.1) is 0 Å². The maximum absolute atomic E-state index is 12.0. The summed E-state index contributed by atoms with van der Waals surface area (Å²) in [4.78, 5) is 35.6. The van der Waals surface area contributed by atoms with Crippen molar-refractivity contribution >= 4 is 23.6 Å². The average molecular weight is 391 g/mol. The predicted molar refractivity (Wildman–Crippen MR) is 105 cm³/mol. The number of hydrogen-bond acceptors (Lipinski definition) is 5. The largest absolute Gasteiger partial charge is 0.444 e. The summed E-state index contributed by atoms with van der Waals surface area (Å²) in [6.07, 6.45) is 0.866. The summed E-state index contributed by atoms with van der Waals surface area (Å²) in [5.74, 6) is -0.336. The number of carbonyl (C=O) groups excluding carboxylic acids is 3. The first-order chi connectivity index (χ1) is 13.2. The normalized spacial score (nSPS) is 16.3. The van der Waals surface area contributed by atoms with Crippen molar-refractivity contribution in [3.63, 3.8) is 0 Å². The summed E-state index contributed by atoms with van der Waals surface area (Å²) in [6.45, 7) is 6.49. The first-order valence-electron chi connectivity index (χ1n) is 9.48. The molecule has 28 heavy (non-hydrogen) atoms. The van der Waals surface area contributed by atoms with Gasteiger partial charge in [0, 0.05) is 31.8 Å². The SMILES string of the molecule is CC(C)(C)OC(=O)NCCC(=O)Nc1cccc(CNC(=O)C2CCCO2)c1. The van der Waals surface area contributed by atoms with Gasteiger partial charge < -0.3 is 25.4 Å². The average Bonchev–Trinajstić information content (AvgIpc) is 3.13. The standard InChI is InChI=1S/C20H29N3O5/c1-20(2,3)28-19(26)21-10-9-17(24)23-15-7-4-6-14(12-15)13-22-18(25)16-8-5-11-27-16/h4,6-7,12,16H,5,8-11,13H2,1-3H3,(H,21,26)(H,22,25)(H,23,24). The topological polar surface area (TPSA) is 106 Å². The Morgan fingerprint density at radius 3 is 2.68 bits per heavy atom. The Hall–Kier alpha value is -2.61. The fraction of sp³-hybridized carbons (Fsp3) is 0.550. The highest BCUT2D eigenvalue weighted by Crippen LogP contribution is 2.14. The molecule has 8 heteroatoms. The van der Waals surface area contributed by atoms with Crippen LogP contribution in [0, 0.1) is 0 Å². The van der Waals surface area contributed by atoms with Gasteiger partial charge in [-0.25, -0.2) is 4.79 Å². The number of rotatable bonds is 7. The molecule has 1 aromatic carbocycles. The molecule has 1 heterocycles. The van der Waals surface area contributed by atoms with Crippen molar-refractivity contribution in [1.82, 2.24) is 10.6 Å². The van der Waals surface area contributed by atoms with Crippen LogP contribution in [-0.2, 0) is 25.6 Å². The smallest absolute Gasteiger partial charge is 0.407 e. The van der Waals surface area contributed by atoms with Crippen LogP contribution in [-0.4, -0.2) is 42.8 Å². The molecule has 1 atom stereocenters. The lowest BCUT2D eigenvalue weighted by molar-refractivity contribution is -0.130. The minimum Gasteiger partial charge on any atom is -0.444 e. The summed E-state index contributed by atoms with van der Waals surface area (Å²) in [7, 11) is 0. The van der Waals surface area contributed by atoms with Crippen LogP contribution in [0.1, 0.15) is 45.6 Å². The summed E-state index contributed by atoms with van der Waals surface area (Å²) < 4.78 is 10.5. The third-order valence-electron chi connectivity index (χ3n) is 3.92. The summed E-state index contributed by atoms with van der Waals surface area (Å²) in [5, 5.41) is 8.17. The van der Waals surface area contributed by atoms with Crippen molar-refractivity contribution in [2.45, 2.75) is 58.3 Å². The molecule has 0 radical (unpaired) electrons. The molecule has 1 aromatic rings. The van der Waals surface area contributed by atoms with Gasteiger partial charge in [-0.1, -0.05) is 12.1 Å². The fourth-order valence-corrected chi connectivity index (χ4v) is 2.66. The Morgan fingerprint density at radius 2 is 2.00 bits per heavy atom. The minimum absolute atomic E-state index is 0.111. The summed E-state index contributed by atoms with van der Waals surface area (Å²) in [5.41, 5.74) is 0.925. The van der Waals surface area contributed by atoms with Crippen molar-refractivity contribution < 1.29 is 23.9 Å². The molecule has 1 aliphatic heterocycles. The number of nitrogens with one attached hydrogen (secondary N) is 3. The molecule has 1 saturated heterocycles. The van der Waals surface area contributed by atoms with Crippen LogP contribution in [0.5, 0.6) is 0 Å². The van der Waals surface area contributed by atoms with E-state index in [9.17, 15) is 14.4 Å². The van der Waals surface area contributed by atoms with Crippen molar-refractivity contribution in [1.29, 1.82) is 0 Å². The van der Waals surface area contributed by atoms with Crippen molar-refractivity contribution in [2.75, 3.05) is 18.5 Å². The van der Waals surface area contributed by atoms with E-state index in [4.69, 9.17) is 9.47 Å². The molecule has 154 valence electrons. The van der Waals surface area contributed by atoms with Crippen LogP contribution in [0.4, 0.5) is 10.5 Å².